The Morgan fingerprint density at radius 2 is 2.00 bits per heavy atom. The molecule has 1 atom stereocenters. The standard InChI is InChI=1S/C15H23N3O5S.ClH/c1-23-14-9-12(18(19)20)7-8-15(14)24(21,22)17-13(10-16)11-5-3-2-4-6-11;/h7-9,11,13,17H,2-6,10,16H2,1H3;1H. The third-order valence-corrected chi connectivity index (χ3v) is 5.96. The van der Waals surface area contributed by atoms with Gasteiger partial charge in [-0.05, 0) is 24.8 Å². The number of hydrogen-bond acceptors (Lipinski definition) is 6. The predicted molar refractivity (Wildman–Crippen MR) is 96.6 cm³/mol. The summed E-state index contributed by atoms with van der Waals surface area (Å²) in [6.45, 7) is 0.208. The third-order valence-electron chi connectivity index (χ3n) is 4.43. The molecule has 1 aliphatic rings. The van der Waals surface area contributed by atoms with Crippen LogP contribution in [0.5, 0.6) is 5.75 Å². The molecule has 1 saturated carbocycles. The fourth-order valence-corrected chi connectivity index (χ4v) is 4.60. The summed E-state index contributed by atoms with van der Waals surface area (Å²) in [5.41, 5.74) is 5.55. The number of hydrogen-bond donors (Lipinski definition) is 2. The number of benzene rings is 1. The Balaban J connectivity index is 0.00000312. The molecule has 8 nitrogen and oxygen atoms in total. The molecule has 1 fully saturated rings. The predicted octanol–water partition coefficient (Wildman–Crippen LogP) is 2.21. The van der Waals surface area contributed by atoms with Crippen LogP contribution in [0.3, 0.4) is 0 Å². The van der Waals surface area contributed by atoms with Gasteiger partial charge in [0.15, 0.2) is 0 Å². The average Bonchev–Trinajstić information content (AvgIpc) is 2.59. The van der Waals surface area contributed by atoms with Crippen LogP contribution in [0.15, 0.2) is 23.1 Å². The van der Waals surface area contributed by atoms with Crippen molar-refractivity contribution in [2.24, 2.45) is 11.7 Å². The molecule has 0 radical (unpaired) electrons. The number of nitrogens with two attached hydrogens (primary N) is 1. The monoisotopic (exact) mass is 393 g/mol. The molecule has 3 N–H and O–H groups in total. The van der Waals surface area contributed by atoms with Gasteiger partial charge < -0.3 is 10.5 Å². The van der Waals surface area contributed by atoms with Crippen LogP contribution in [0.2, 0.25) is 0 Å². The SMILES string of the molecule is COc1cc([N+](=O)[O-])ccc1S(=O)(=O)NC(CN)C1CCCCC1.Cl. The fourth-order valence-electron chi connectivity index (χ4n) is 3.13. The lowest BCUT2D eigenvalue weighted by Gasteiger charge is -2.30. The van der Waals surface area contributed by atoms with E-state index in [0.29, 0.717) is 0 Å². The first-order chi connectivity index (χ1) is 11.4. The van der Waals surface area contributed by atoms with Gasteiger partial charge in [-0.25, -0.2) is 13.1 Å². The molecular weight excluding hydrogens is 370 g/mol. The van der Waals surface area contributed by atoms with E-state index in [-0.39, 0.29) is 47.2 Å². The first-order valence-electron chi connectivity index (χ1n) is 7.94. The van der Waals surface area contributed by atoms with Crippen molar-refractivity contribution in [3.8, 4) is 5.75 Å². The van der Waals surface area contributed by atoms with Crippen LogP contribution in [0.1, 0.15) is 32.1 Å². The van der Waals surface area contributed by atoms with E-state index in [4.69, 9.17) is 10.5 Å². The summed E-state index contributed by atoms with van der Waals surface area (Å²) in [4.78, 5) is 10.1. The minimum atomic E-state index is -3.88. The van der Waals surface area contributed by atoms with E-state index in [1.165, 1.54) is 13.2 Å². The minimum absolute atomic E-state index is 0. The van der Waals surface area contributed by atoms with Gasteiger partial charge in [-0.3, -0.25) is 10.1 Å². The highest BCUT2D eigenvalue weighted by Gasteiger charge is 2.29. The van der Waals surface area contributed by atoms with E-state index < -0.39 is 14.9 Å². The van der Waals surface area contributed by atoms with Crippen LogP contribution in [-0.4, -0.2) is 33.0 Å². The number of rotatable bonds is 7. The zero-order chi connectivity index (χ0) is 17.7. The van der Waals surface area contributed by atoms with Crippen LogP contribution in [0.25, 0.3) is 0 Å². The second-order valence-corrected chi connectivity index (χ2v) is 7.64. The molecular formula is C15H24ClN3O5S. The van der Waals surface area contributed by atoms with Crippen molar-refractivity contribution >= 4 is 28.1 Å². The van der Waals surface area contributed by atoms with Gasteiger partial charge in [0.25, 0.3) is 5.69 Å². The van der Waals surface area contributed by atoms with Crippen LogP contribution in [-0.2, 0) is 10.0 Å². The van der Waals surface area contributed by atoms with Gasteiger partial charge in [0.2, 0.25) is 10.0 Å². The van der Waals surface area contributed by atoms with Gasteiger partial charge in [-0.15, -0.1) is 12.4 Å². The summed E-state index contributed by atoms with van der Waals surface area (Å²) in [5.74, 6) is 0.152. The first kappa shape index (κ1) is 21.6. The highest BCUT2D eigenvalue weighted by Crippen LogP contribution is 2.30. The van der Waals surface area contributed by atoms with E-state index >= 15 is 0 Å². The second-order valence-electron chi connectivity index (χ2n) is 5.95. The van der Waals surface area contributed by atoms with Gasteiger partial charge in [-0.1, -0.05) is 19.3 Å². The zero-order valence-corrected chi connectivity index (χ0v) is 15.6. The van der Waals surface area contributed by atoms with Gasteiger partial charge in [0.1, 0.15) is 10.6 Å². The zero-order valence-electron chi connectivity index (χ0n) is 14.0. The topological polar surface area (TPSA) is 125 Å². The quantitative estimate of drug-likeness (QED) is 0.540. The number of nitrogens with one attached hydrogen (secondary N) is 1. The molecule has 1 aliphatic carbocycles. The van der Waals surface area contributed by atoms with E-state index in [0.717, 1.165) is 44.2 Å². The van der Waals surface area contributed by atoms with Crippen molar-refractivity contribution in [1.82, 2.24) is 4.72 Å². The second kappa shape index (κ2) is 9.33. The molecule has 0 amide bonds. The molecule has 0 spiro atoms. The lowest BCUT2D eigenvalue weighted by molar-refractivity contribution is -0.385. The number of ether oxygens (including phenoxy) is 1. The number of nitro groups is 1. The maximum Gasteiger partial charge on any atom is 0.273 e. The largest absolute Gasteiger partial charge is 0.495 e. The first-order valence-corrected chi connectivity index (χ1v) is 9.42. The van der Waals surface area contributed by atoms with Gasteiger partial charge in [0, 0.05) is 18.7 Å². The van der Waals surface area contributed by atoms with Crippen molar-refractivity contribution < 1.29 is 18.1 Å². The summed E-state index contributed by atoms with van der Waals surface area (Å²) in [6, 6.07) is 3.09. The Hall–Kier alpha value is -1.42. The lowest BCUT2D eigenvalue weighted by atomic mass is 9.84. The van der Waals surface area contributed by atoms with Crippen LogP contribution < -0.4 is 15.2 Å². The third kappa shape index (κ3) is 5.27. The van der Waals surface area contributed by atoms with Gasteiger partial charge >= 0.3 is 0 Å². The Bertz CT molecular complexity index is 692. The van der Waals surface area contributed by atoms with E-state index in [1.807, 2.05) is 0 Å². The molecule has 0 saturated heterocycles. The van der Waals surface area contributed by atoms with E-state index in [2.05, 4.69) is 4.72 Å². The average molecular weight is 394 g/mol. The van der Waals surface area contributed by atoms with Crippen LogP contribution >= 0.6 is 12.4 Å². The highest BCUT2D eigenvalue weighted by atomic mass is 35.5. The van der Waals surface area contributed by atoms with E-state index in [1.54, 1.807) is 0 Å². The highest BCUT2D eigenvalue weighted by molar-refractivity contribution is 7.89. The maximum atomic E-state index is 12.7. The van der Waals surface area contributed by atoms with Crippen LogP contribution in [0.4, 0.5) is 5.69 Å². The molecule has 1 unspecified atom stereocenters. The van der Waals surface area contributed by atoms with Crippen molar-refractivity contribution in [1.29, 1.82) is 0 Å². The van der Waals surface area contributed by atoms with Crippen molar-refractivity contribution in [2.75, 3.05) is 13.7 Å². The van der Waals surface area contributed by atoms with Gasteiger partial charge in [-0.2, -0.15) is 0 Å². The number of nitrogens with zero attached hydrogens (tertiary/aromatic N) is 1. The number of methoxy groups -OCH3 is 1. The molecule has 10 heteroatoms. The molecule has 2 rings (SSSR count). The number of nitro benzene ring substituents is 1. The van der Waals surface area contributed by atoms with E-state index in [9.17, 15) is 18.5 Å². The molecule has 1 aromatic rings. The summed E-state index contributed by atoms with van der Waals surface area (Å²) in [7, 11) is -2.61. The van der Waals surface area contributed by atoms with Crippen molar-refractivity contribution in [3.63, 3.8) is 0 Å². The number of sulfonamides is 1. The summed E-state index contributed by atoms with van der Waals surface area (Å²) < 4.78 is 33.1. The Morgan fingerprint density at radius 3 is 2.52 bits per heavy atom. The molecule has 1 aromatic carbocycles. The van der Waals surface area contributed by atoms with Crippen molar-refractivity contribution in [3.05, 3.63) is 28.3 Å². The molecule has 25 heavy (non-hydrogen) atoms. The lowest BCUT2D eigenvalue weighted by Crippen LogP contribution is -2.45. The molecule has 142 valence electrons. The normalized spacial score (nSPS) is 16.7. The Labute approximate surface area is 153 Å². The maximum absolute atomic E-state index is 12.7. The summed E-state index contributed by atoms with van der Waals surface area (Å²) >= 11 is 0. The van der Waals surface area contributed by atoms with Crippen LogP contribution in [0, 0.1) is 16.0 Å². The summed E-state index contributed by atoms with van der Waals surface area (Å²) in [6.07, 6.45) is 5.20. The Kier molecular flexibility index (Phi) is 8.07. The number of non-ortho nitro benzene ring substituents is 1. The molecule has 0 heterocycles. The molecule has 0 bridgehead atoms. The van der Waals surface area contributed by atoms with Crippen molar-refractivity contribution in [2.45, 2.75) is 43.0 Å². The minimum Gasteiger partial charge on any atom is -0.495 e. The fraction of sp³-hybridized carbons (Fsp3) is 0.600. The van der Waals surface area contributed by atoms with Gasteiger partial charge in [0.05, 0.1) is 18.1 Å². The molecule has 0 aliphatic heterocycles. The number of halogens is 1. The smallest absolute Gasteiger partial charge is 0.273 e. The Morgan fingerprint density at radius 1 is 1.36 bits per heavy atom. The molecule has 0 aromatic heterocycles. The summed E-state index contributed by atoms with van der Waals surface area (Å²) in [5, 5.41) is 10.8.